The maximum absolute atomic E-state index is 13.5. The third-order valence-corrected chi connectivity index (χ3v) is 12.9. The Hall–Kier alpha value is -6.11. The van der Waals surface area contributed by atoms with Crippen molar-refractivity contribution in [3.63, 3.8) is 0 Å². The van der Waals surface area contributed by atoms with E-state index in [1.54, 1.807) is 60.7 Å². The second-order valence-electron chi connectivity index (χ2n) is 15.9. The van der Waals surface area contributed by atoms with Crippen LogP contribution in [0.2, 0.25) is 5.02 Å². The average molecular weight is 936 g/mol. The van der Waals surface area contributed by atoms with Gasteiger partial charge in [-0.05, 0) is 88.2 Å². The van der Waals surface area contributed by atoms with Crippen LogP contribution in [0.4, 0.5) is 5.69 Å². The minimum Gasteiger partial charge on any atom is -0.491 e. The highest BCUT2D eigenvalue weighted by molar-refractivity contribution is 7.15. The number of hydrogen-bond donors (Lipinski definition) is 1. The lowest BCUT2D eigenvalue weighted by Gasteiger charge is -2.24. The van der Waals surface area contributed by atoms with Crippen molar-refractivity contribution in [3.05, 3.63) is 121 Å². The van der Waals surface area contributed by atoms with Crippen molar-refractivity contribution in [1.82, 2.24) is 24.3 Å². The highest BCUT2D eigenvalue weighted by Gasteiger charge is 2.33. The highest BCUT2D eigenvalue weighted by atomic mass is 35.5. The van der Waals surface area contributed by atoms with E-state index in [2.05, 4.69) is 34.3 Å². The van der Waals surface area contributed by atoms with Crippen molar-refractivity contribution >= 4 is 62.7 Å². The van der Waals surface area contributed by atoms with Crippen molar-refractivity contribution in [1.29, 1.82) is 0 Å². The van der Waals surface area contributed by atoms with Crippen LogP contribution in [0.1, 0.15) is 76.8 Å². The first-order chi connectivity index (χ1) is 32.0. The van der Waals surface area contributed by atoms with Crippen LogP contribution in [0.3, 0.4) is 0 Å². The first-order valence-corrected chi connectivity index (χ1v) is 23.0. The highest BCUT2D eigenvalue weighted by Crippen LogP contribution is 2.40. The lowest BCUT2D eigenvalue weighted by atomic mass is 9.92. The molecule has 4 heterocycles. The average Bonchev–Trinajstić information content (AvgIpc) is 3.78. The first-order valence-electron chi connectivity index (χ1n) is 21.8. The summed E-state index contributed by atoms with van der Waals surface area (Å²) in [6.45, 7) is 10.5. The van der Waals surface area contributed by atoms with Gasteiger partial charge in [0.1, 0.15) is 58.7 Å². The number of rotatable bonds is 19. The number of carbonyl (C=O) groups is 3. The zero-order valence-electron chi connectivity index (χ0n) is 37.1. The number of ether oxygens (including phenoxy) is 5. The molecule has 0 saturated heterocycles. The van der Waals surface area contributed by atoms with E-state index in [9.17, 15) is 19.2 Å². The van der Waals surface area contributed by atoms with Gasteiger partial charge in [-0.25, -0.2) is 4.98 Å². The maximum Gasteiger partial charge on any atom is 0.262 e. The summed E-state index contributed by atoms with van der Waals surface area (Å²) >= 11 is 7.90. The number of Topliss-reactive ketones (excluding diaryl/α,β-unsaturated/α-hetero) is 2. The summed E-state index contributed by atoms with van der Waals surface area (Å²) in [4.78, 5) is 62.2. The quantitative estimate of drug-likeness (QED) is 0.0636. The predicted molar refractivity (Wildman–Crippen MR) is 250 cm³/mol. The van der Waals surface area contributed by atoms with Crippen molar-refractivity contribution in [2.45, 2.75) is 65.5 Å². The van der Waals surface area contributed by atoms with Crippen molar-refractivity contribution in [2.75, 3.05) is 58.2 Å². The molecule has 0 bridgehead atoms. The molecule has 0 spiro atoms. The Bertz CT molecular complexity index is 2840. The number of ketones is 2. The predicted octanol–water partition coefficient (Wildman–Crippen LogP) is 7.22. The van der Waals surface area contributed by atoms with E-state index < -0.39 is 12.1 Å². The Morgan fingerprint density at radius 3 is 2.20 bits per heavy atom. The van der Waals surface area contributed by atoms with Gasteiger partial charge in [0, 0.05) is 33.1 Å². The molecule has 16 nitrogen and oxygen atoms in total. The normalized spacial score (nSPS) is 15.9. The number of nitrogens with zero attached hydrogens (tertiary/aromatic N) is 6. The largest absolute Gasteiger partial charge is 0.491 e. The smallest absolute Gasteiger partial charge is 0.262 e. The molecule has 6 aromatic rings. The topological polar surface area (TPSA) is 187 Å². The minimum absolute atomic E-state index is 0.0558. The molecule has 1 amide bonds. The Balaban J connectivity index is 0.722. The van der Waals surface area contributed by atoms with Crippen molar-refractivity contribution in [2.24, 2.45) is 4.99 Å². The van der Waals surface area contributed by atoms with E-state index in [0.29, 0.717) is 97.4 Å². The molecule has 1 N–H and O–H groups in total. The molecule has 2 aliphatic rings. The number of para-hydroxylation sites is 1. The Kier molecular flexibility index (Phi) is 14.8. The Morgan fingerprint density at radius 2 is 1.50 bits per heavy atom. The van der Waals surface area contributed by atoms with Crippen LogP contribution in [0, 0.1) is 27.7 Å². The number of carbonyl (C=O) groups excluding carboxylic acids is 3. The van der Waals surface area contributed by atoms with Gasteiger partial charge in [-0.3, -0.25) is 33.3 Å². The minimum atomic E-state index is -0.688. The summed E-state index contributed by atoms with van der Waals surface area (Å²) < 4.78 is 32.1. The van der Waals surface area contributed by atoms with Gasteiger partial charge in [0.05, 0.1) is 69.6 Å². The number of fused-ring (bicyclic) bond motifs is 4. The third-order valence-electron chi connectivity index (χ3n) is 11.4. The van der Waals surface area contributed by atoms with E-state index in [4.69, 9.17) is 40.3 Å². The van der Waals surface area contributed by atoms with E-state index >= 15 is 0 Å². The van der Waals surface area contributed by atoms with Crippen LogP contribution in [0.5, 0.6) is 11.5 Å². The van der Waals surface area contributed by atoms with Gasteiger partial charge in [-0.1, -0.05) is 29.8 Å². The molecule has 1 aliphatic carbocycles. The number of hydrogen-bond acceptors (Lipinski definition) is 14. The van der Waals surface area contributed by atoms with Crippen molar-refractivity contribution < 1.29 is 38.1 Å². The molecule has 344 valence electrons. The number of benzene rings is 3. The van der Waals surface area contributed by atoms with E-state index in [-0.39, 0.29) is 48.9 Å². The standard InChI is InChI=1S/C48H50ClN7O9S/c1-28-29(2)66-48-43(28)44(32-8-10-33(49)11-9-32)52-38(46-54-53-31(4)56(46)48)27-42(59)51-34-12-15-36(16-13-34)64-24-22-62-20-18-61-19-21-63-23-25-65-41-7-5-6-37-45(41)50-30(3)55(47(37)60)39-17-14-35(57)26-40(39)58/h5-13,15-16,38-39H,14,17-27H2,1-4H3,(H,51,59)/t38-,39?/m0/s1. The molecule has 1 saturated carbocycles. The number of amides is 1. The van der Waals surface area contributed by atoms with E-state index in [0.717, 1.165) is 33.2 Å². The monoisotopic (exact) mass is 935 g/mol. The molecule has 0 radical (unpaired) electrons. The third kappa shape index (κ3) is 10.5. The Morgan fingerprint density at radius 1 is 0.818 bits per heavy atom. The number of anilines is 1. The first kappa shape index (κ1) is 46.4. The van der Waals surface area contributed by atoms with Crippen LogP contribution in [-0.4, -0.2) is 100 Å². The van der Waals surface area contributed by atoms with Gasteiger partial charge in [0.2, 0.25) is 5.91 Å². The molecule has 2 atom stereocenters. The fraction of sp³-hybridized carbons (Fsp3) is 0.375. The molecule has 3 aromatic heterocycles. The van der Waals surface area contributed by atoms with Gasteiger partial charge in [0.25, 0.3) is 5.56 Å². The zero-order valence-corrected chi connectivity index (χ0v) is 38.7. The fourth-order valence-electron chi connectivity index (χ4n) is 8.04. The number of nitrogens with one attached hydrogen (secondary N) is 1. The van der Waals surface area contributed by atoms with Crippen LogP contribution in [0.25, 0.3) is 15.9 Å². The second-order valence-corrected chi connectivity index (χ2v) is 17.6. The number of thiophene rings is 1. The lowest BCUT2D eigenvalue weighted by molar-refractivity contribution is -0.132. The number of aromatic nitrogens is 5. The molecule has 18 heteroatoms. The van der Waals surface area contributed by atoms with E-state index in [1.807, 2.05) is 35.8 Å². The van der Waals surface area contributed by atoms with Gasteiger partial charge >= 0.3 is 0 Å². The van der Waals surface area contributed by atoms with E-state index in [1.165, 1.54) is 9.44 Å². The number of aliphatic imine (C=N–C) groups is 1. The molecule has 1 fully saturated rings. The summed E-state index contributed by atoms with van der Waals surface area (Å²) in [6, 6.07) is 18.6. The molecular weight excluding hydrogens is 886 g/mol. The summed E-state index contributed by atoms with van der Waals surface area (Å²) in [7, 11) is 0. The molecule has 1 aliphatic heterocycles. The SMILES string of the molecule is Cc1sc2c(c1C)C(c1ccc(Cl)cc1)=N[C@@H](CC(=O)Nc1ccc(OCCOCCOCCOCCOc3cccc4c(=O)n(C5CCC(=O)CC5=O)c(C)nc34)cc1)c1nnc(C)n1-2. The summed E-state index contributed by atoms with van der Waals surface area (Å²) in [5, 5.41) is 13.8. The maximum atomic E-state index is 13.5. The van der Waals surface area contributed by atoms with Gasteiger partial charge in [-0.15, -0.1) is 21.5 Å². The zero-order chi connectivity index (χ0) is 46.3. The number of aryl methyl sites for hydroxylation is 3. The van der Waals surface area contributed by atoms with Crippen LogP contribution in [0.15, 0.2) is 76.5 Å². The van der Waals surface area contributed by atoms with Crippen molar-refractivity contribution in [3.8, 4) is 16.5 Å². The van der Waals surface area contributed by atoms with Crippen LogP contribution < -0.4 is 20.3 Å². The molecule has 3 aromatic carbocycles. The number of halogens is 1. The summed E-state index contributed by atoms with van der Waals surface area (Å²) in [5.74, 6) is 2.23. The summed E-state index contributed by atoms with van der Waals surface area (Å²) in [5.41, 5.74) is 4.53. The molecule has 66 heavy (non-hydrogen) atoms. The second kappa shape index (κ2) is 21.0. The summed E-state index contributed by atoms with van der Waals surface area (Å²) in [6.07, 6.45) is 0.460. The Labute approximate surface area is 389 Å². The molecule has 8 rings (SSSR count). The fourth-order valence-corrected chi connectivity index (χ4v) is 9.38. The van der Waals surface area contributed by atoms with Gasteiger partial charge in [-0.2, -0.15) is 0 Å². The lowest BCUT2D eigenvalue weighted by Crippen LogP contribution is -2.36. The molecular formula is C48H50ClN7O9S. The molecule has 1 unspecified atom stereocenters. The van der Waals surface area contributed by atoms with Gasteiger partial charge in [0.15, 0.2) is 11.6 Å². The van der Waals surface area contributed by atoms with Crippen LogP contribution >= 0.6 is 22.9 Å². The van der Waals surface area contributed by atoms with Crippen LogP contribution in [-0.2, 0) is 28.6 Å². The van der Waals surface area contributed by atoms with Gasteiger partial charge < -0.3 is 29.0 Å².